The van der Waals surface area contributed by atoms with Crippen LogP contribution in [0.4, 0.5) is 0 Å². The highest BCUT2D eigenvalue weighted by Crippen LogP contribution is 2.22. The molecule has 138 valence electrons. The first-order valence-electron chi connectivity index (χ1n) is 9.25. The van der Waals surface area contributed by atoms with Gasteiger partial charge in [-0.05, 0) is 31.9 Å². The van der Waals surface area contributed by atoms with Crippen molar-refractivity contribution in [3.63, 3.8) is 0 Å². The monoisotopic (exact) mass is 463 g/mol. The van der Waals surface area contributed by atoms with Crippen molar-refractivity contribution in [1.29, 1.82) is 0 Å². The topological polar surface area (TPSA) is 30.2 Å². The van der Waals surface area contributed by atoms with Gasteiger partial charge in [-0.3, -0.25) is 4.79 Å². The van der Waals surface area contributed by atoms with Gasteiger partial charge in [0, 0.05) is 29.7 Å². The molecular weight excluding hydrogens is 437 g/mol. The number of aromatic nitrogens is 1. The second-order valence-corrected chi connectivity index (χ2v) is 6.40. The zero-order valence-corrected chi connectivity index (χ0v) is 17.4. The van der Waals surface area contributed by atoms with Crippen LogP contribution in [0.3, 0.4) is 0 Å². The van der Waals surface area contributed by atoms with Crippen LogP contribution in [0, 0.1) is 0 Å². The number of rotatable bonds is 8. The van der Waals surface area contributed by atoms with Gasteiger partial charge < -0.3 is 28.7 Å². The van der Waals surface area contributed by atoms with Gasteiger partial charge >= 0.3 is 5.97 Å². The summed E-state index contributed by atoms with van der Waals surface area (Å²) in [5.41, 5.74) is 1.28. The summed E-state index contributed by atoms with van der Waals surface area (Å²) in [6.45, 7) is 3.33. The summed E-state index contributed by atoms with van der Waals surface area (Å²) in [6.07, 6.45) is 7.05. The van der Waals surface area contributed by atoms with Crippen molar-refractivity contribution in [3.05, 3.63) is 54.7 Å². The number of aryl methyl sites for hydroxylation is 1. The maximum absolute atomic E-state index is 11.3. The lowest BCUT2D eigenvalue weighted by Gasteiger charge is -2.06. The zero-order chi connectivity index (χ0) is 17.5. The van der Waals surface area contributed by atoms with E-state index in [2.05, 4.69) is 59.3 Å². The summed E-state index contributed by atoms with van der Waals surface area (Å²) < 4.78 is 7.33. The first-order chi connectivity index (χ1) is 12.3. The Morgan fingerprint density at radius 1 is 0.923 bits per heavy atom. The predicted octanol–water partition coefficient (Wildman–Crippen LogP) is 1.80. The molecule has 0 aliphatic heterocycles. The number of ether oxygens (including phenoxy) is 1. The molecule has 0 saturated carbocycles. The van der Waals surface area contributed by atoms with Crippen molar-refractivity contribution < 1.29 is 38.1 Å². The first kappa shape index (κ1) is 20.6. The SMILES string of the molecule is CCOC(=O)CCCCCC[n+]1cc2ccccc2c2ccccc21.[I-]. The highest BCUT2D eigenvalue weighted by atomic mass is 127. The Morgan fingerprint density at radius 3 is 2.42 bits per heavy atom. The van der Waals surface area contributed by atoms with Crippen LogP contribution in [0.15, 0.2) is 54.7 Å². The second kappa shape index (κ2) is 10.5. The van der Waals surface area contributed by atoms with E-state index in [1.807, 2.05) is 6.92 Å². The Balaban J connectivity index is 0.00000243. The van der Waals surface area contributed by atoms with Crippen molar-refractivity contribution >= 4 is 27.6 Å². The van der Waals surface area contributed by atoms with Crippen LogP contribution >= 0.6 is 0 Å². The number of hydrogen-bond donors (Lipinski definition) is 0. The van der Waals surface area contributed by atoms with Gasteiger partial charge in [0.1, 0.15) is 6.54 Å². The quantitative estimate of drug-likeness (QED) is 0.168. The van der Waals surface area contributed by atoms with Crippen molar-refractivity contribution in [2.45, 2.75) is 45.6 Å². The molecule has 3 aromatic rings. The number of carbonyl (C=O) groups excluding carboxylic acids is 1. The van der Waals surface area contributed by atoms with Crippen LogP contribution in [-0.4, -0.2) is 12.6 Å². The summed E-state index contributed by atoms with van der Waals surface area (Å²) in [5.74, 6) is -0.0719. The van der Waals surface area contributed by atoms with E-state index >= 15 is 0 Å². The Labute approximate surface area is 172 Å². The minimum Gasteiger partial charge on any atom is -1.00 e. The van der Waals surface area contributed by atoms with Crippen LogP contribution in [-0.2, 0) is 16.1 Å². The van der Waals surface area contributed by atoms with Crippen molar-refractivity contribution in [1.82, 2.24) is 0 Å². The molecule has 0 aliphatic carbocycles. The number of fused-ring (bicyclic) bond motifs is 3. The second-order valence-electron chi connectivity index (χ2n) is 6.40. The Hall–Kier alpha value is -1.69. The Bertz CT molecular complexity index is 863. The van der Waals surface area contributed by atoms with Crippen molar-refractivity contribution in [2.24, 2.45) is 0 Å². The molecule has 0 fully saturated rings. The van der Waals surface area contributed by atoms with Crippen LogP contribution in [0.1, 0.15) is 39.0 Å². The van der Waals surface area contributed by atoms with Gasteiger partial charge in [0.15, 0.2) is 6.20 Å². The predicted molar refractivity (Wildman–Crippen MR) is 101 cm³/mol. The lowest BCUT2D eigenvalue weighted by Crippen LogP contribution is -3.00. The standard InChI is InChI=1S/C22H26NO2.HI/c1-2-25-22(24)15-5-3-4-10-16-23-17-18-11-6-7-12-19(18)20-13-8-9-14-21(20)23;/h6-9,11-14,17H,2-5,10,15-16H2,1H3;1H/q+1;/p-1. The lowest BCUT2D eigenvalue weighted by molar-refractivity contribution is -0.670. The van der Waals surface area contributed by atoms with Crippen LogP contribution in [0.5, 0.6) is 0 Å². The summed E-state index contributed by atoms with van der Waals surface area (Å²) in [4.78, 5) is 11.3. The summed E-state index contributed by atoms with van der Waals surface area (Å²) in [6, 6.07) is 17.2. The number of nitrogens with zero attached hydrogens (tertiary/aromatic N) is 1. The molecule has 3 rings (SSSR count). The number of para-hydroxylation sites is 1. The Kier molecular flexibility index (Phi) is 8.29. The number of pyridine rings is 1. The van der Waals surface area contributed by atoms with Crippen LogP contribution in [0.2, 0.25) is 0 Å². The number of unbranched alkanes of at least 4 members (excludes halogenated alkanes) is 3. The molecule has 4 heteroatoms. The fourth-order valence-electron chi connectivity index (χ4n) is 3.37. The first-order valence-corrected chi connectivity index (χ1v) is 9.25. The van der Waals surface area contributed by atoms with Gasteiger partial charge in [0.2, 0.25) is 5.52 Å². The maximum atomic E-state index is 11.3. The van der Waals surface area contributed by atoms with Gasteiger partial charge in [0.25, 0.3) is 0 Å². The maximum Gasteiger partial charge on any atom is 0.305 e. The number of esters is 1. The number of benzene rings is 2. The molecule has 0 N–H and O–H groups in total. The molecule has 0 amide bonds. The molecule has 26 heavy (non-hydrogen) atoms. The van der Waals surface area contributed by atoms with Crippen molar-refractivity contribution in [2.75, 3.05) is 6.61 Å². The fraction of sp³-hybridized carbons (Fsp3) is 0.364. The average Bonchev–Trinajstić information content (AvgIpc) is 2.64. The molecule has 1 heterocycles. The van der Waals surface area contributed by atoms with Gasteiger partial charge in [-0.1, -0.05) is 36.8 Å². The van der Waals surface area contributed by atoms with E-state index in [4.69, 9.17) is 4.74 Å². The Morgan fingerprint density at radius 2 is 1.62 bits per heavy atom. The molecule has 0 bridgehead atoms. The lowest BCUT2D eigenvalue weighted by atomic mass is 10.1. The van der Waals surface area contributed by atoms with Gasteiger partial charge in [-0.2, -0.15) is 4.57 Å². The molecule has 1 aromatic heterocycles. The van der Waals surface area contributed by atoms with Gasteiger partial charge in [0.05, 0.1) is 12.0 Å². The normalized spacial score (nSPS) is 10.7. The zero-order valence-electron chi connectivity index (χ0n) is 15.3. The highest BCUT2D eigenvalue weighted by molar-refractivity contribution is 6.03. The summed E-state index contributed by atoms with van der Waals surface area (Å²) in [5, 5.41) is 3.90. The fourth-order valence-corrected chi connectivity index (χ4v) is 3.37. The van der Waals surface area contributed by atoms with E-state index < -0.39 is 0 Å². The number of halogens is 1. The third kappa shape index (κ3) is 5.16. The van der Waals surface area contributed by atoms with Crippen LogP contribution in [0.25, 0.3) is 21.7 Å². The average molecular weight is 463 g/mol. The van der Waals surface area contributed by atoms with E-state index in [1.165, 1.54) is 21.7 Å². The number of carbonyl (C=O) groups is 1. The molecule has 0 radical (unpaired) electrons. The van der Waals surface area contributed by atoms with E-state index in [9.17, 15) is 4.79 Å². The molecule has 0 unspecified atom stereocenters. The molecule has 0 spiro atoms. The molecule has 3 nitrogen and oxygen atoms in total. The van der Waals surface area contributed by atoms with E-state index in [0.717, 1.165) is 32.2 Å². The van der Waals surface area contributed by atoms with E-state index in [0.29, 0.717) is 13.0 Å². The van der Waals surface area contributed by atoms with E-state index in [-0.39, 0.29) is 29.9 Å². The third-order valence-electron chi connectivity index (χ3n) is 4.59. The smallest absolute Gasteiger partial charge is 0.305 e. The highest BCUT2D eigenvalue weighted by Gasteiger charge is 2.12. The van der Waals surface area contributed by atoms with Crippen molar-refractivity contribution in [3.8, 4) is 0 Å². The largest absolute Gasteiger partial charge is 1.00 e. The van der Waals surface area contributed by atoms with Gasteiger partial charge in [-0.15, -0.1) is 0 Å². The number of hydrogen-bond acceptors (Lipinski definition) is 2. The molecule has 0 saturated heterocycles. The van der Waals surface area contributed by atoms with Gasteiger partial charge in [-0.25, -0.2) is 0 Å². The van der Waals surface area contributed by atoms with Crippen LogP contribution < -0.4 is 28.5 Å². The minimum atomic E-state index is -0.0719. The molecule has 0 atom stereocenters. The molecular formula is C22H26INO2. The van der Waals surface area contributed by atoms with E-state index in [1.54, 1.807) is 0 Å². The minimum absolute atomic E-state index is 0. The molecule has 2 aromatic carbocycles. The summed E-state index contributed by atoms with van der Waals surface area (Å²) >= 11 is 0. The third-order valence-corrected chi connectivity index (χ3v) is 4.59. The summed E-state index contributed by atoms with van der Waals surface area (Å²) in [7, 11) is 0. The molecule has 0 aliphatic rings.